The summed E-state index contributed by atoms with van der Waals surface area (Å²) in [5, 5.41) is 38.6. The van der Waals surface area contributed by atoms with Crippen LogP contribution >= 0.6 is 0 Å². The minimum Gasteiger partial charge on any atom is -0.508 e. The third kappa shape index (κ3) is 5.60. The Kier molecular flexibility index (Phi) is 7.21. The van der Waals surface area contributed by atoms with E-state index in [-0.39, 0.29) is 65.5 Å². The van der Waals surface area contributed by atoms with Gasteiger partial charge in [0.15, 0.2) is 0 Å². The third-order valence-electron chi connectivity index (χ3n) is 5.17. The van der Waals surface area contributed by atoms with Gasteiger partial charge in [0.05, 0.1) is 11.1 Å². The molecule has 0 heterocycles. The van der Waals surface area contributed by atoms with E-state index in [1.165, 1.54) is 0 Å². The van der Waals surface area contributed by atoms with Crippen LogP contribution in [0, 0.1) is 0 Å². The first-order valence-corrected chi connectivity index (χ1v) is 9.83. The molecule has 2 atom stereocenters. The van der Waals surface area contributed by atoms with Crippen LogP contribution in [0.3, 0.4) is 0 Å². The molecule has 9 heteroatoms. The Hall–Kier alpha value is -3.62. The molecule has 1 aliphatic carbocycles. The van der Waals surface area contributed by atoms with Crippen LogP contribution in [0.2, 0.25) is 0 Å². The van der Waals surface area contributed by atoms with Gasteiger partial charge >= 0.3 is 11.9 Å². The summed E-state index contributed by atoms with van der Waals surface area (Å²) in [6.07, 6.45) is -1.10. The SMILES string of the molecule is O=C(O[C@H]1Cc2ccccc2C[C@H]1OC(=O)c1cc(O)cc(O)c1)c1cc(O)cc(O)c1.[V]. The minimum atomic E-state index is -0.836. The molecule has 0 aromatic heterocycles. The summed E-state index contributed by atoms with van der Waals surface area (Å²) in [6.45, 7) is 0. The molecule has 4 rings (SSSR count). The van der Waals surface area contributed by atoms with Gasteiger partial charge in [0.1, 0.15) is 35.2 Å². The van der Waals surface area contributed by atoms with Gasteiger partial charge in [-0.3, -0.25) is 0 Å². The van der Waals surface area contributed by atoms with Crippen LogP contribution in [-0.4, -0.2) is 44.6 Å². The number of rotatable bonds is 4. The van der Waals surface area contributed by atoms with Crippen molar-refractivity contribution in [2.75, 3.05) is 0 Å². The molecule has 33 heavy (non-hydrogen) atoms. The maximum absolute atomic E-state index is 12.7. The Balaban J connectivity index is 0.00000306. The normalized spacial score (nSPS) is 16.7. The van der Waals surface area contributed by atoms with Crippen LogP contribution in [0.15, 0.2) is 60.7 Å². The summed E-state index contributed by atoms with van der Waals surface area (Å²) in [7, 11) is 0. The zero-order chi connectivity index (χ0) is 22.8. The minimum absolute atomic E-state index is 0. The Morgan fingerprint density at radius 1 is 0.636 bits per heavy atom. The first-order valence-electron chi connectivity index (χ1n) is 9.83. The van der Waals surface area contributed by atoms with Gasteiger partial charge in [-0.25, -0.2) is 9.59 Å². The predicted octanol–water partition coefficient (Wildman–Crippen LogP) is 3.06. The average molecular weight is 487 g/mol. The second kappa shape index (κ2) is 9.89. The molecule has 0 bridgehead atoms. The molecule has 0 saturated carbocycles. The van der Waals surface area contributed by atoms with Crippen molar-refractivity contribution >= 4 is 11.9 Å². The maximum Gasteiger partial charge on any atom is 0.338 e. The zero-order valence-electron chi connectivity index (χ0n) is 17.2. The number of ether oxygens (including phenoxy) is 2. The smallest absolute Gasteiger partial charge is 0.338 e. The van der Waals surface area contributed by atoms with E-state index < -0.39 is 24.1 Å². The van der Waals surface area contributed by atoms with E-state index in [0.717, 1.165) is 47.5 Å². The van der Waals surface area contributed by atoms with Crippen LogP contribution in [0.25, 0.3) is 0 Å². The van der Waals surface area contributed by atoms with E-state index in [1.54, 1.807) is 0 Å². The average Bonchev–Trinajstić information content (AvgIpc) is 2.72. The van der Waals surface area contributed by atoms with E-state index in [1.807, 2.05) is 24.3 Å². The van der Waals surface area contributed by atoms with E-state index in [9.17, 15) is 30.0 Å². The maximum atomic E-state index is 12.7. The molecule has 169 valence electrons. The molecule has 1 aliphatic rings. The monoisotopic (exact) mass is 487 g/mol. The van der Waals surface area contributed by atoms with Crippen molar-refractivity contribution in [3.8, 4) is 23.0 Å². The fourth-order valence-corrected chi connectivity index (χ4v) is 3.72. The summed E-state index contributed by atoms with van der Waals surface area (Å²) in [5.41, 5.74) is 1.77. The Bertz CT molecular complexity index is 1060. The van der Waals surface area contributed by atoms with Gasteiger partial charge in [0, 0.05) is 43.5 Å². The number of fused-ring (bicyclic) bond motifs is 1. The molecule has 0 saturated heterocycles. The second-order valence-corrected chi connectivity index (χ2v) is 7.54. The molecule has 3 aromatic rings. The van der Waals surface area contributed by atoms with Crippen LogP contribution in [0.4, 0.5) is 0 Å². The number of hydrogen-bond acceptors (Lipinski definition) is 8. The largest absolute Gasteiger partial charge is 0.508 e. The van der Waals surface area contributed by atoms with Gasteiger partial charge in [-0.05, 0) is 35.4 Å². The first-order chi connectivity index (χ1) is 15.3. The third-order valence-corrected chi connectivity index (χ3v) is 5.17. The summed E-state index contributed by atoms with van der Waals surface area (Å²) < 4.78 is 11.2. The Morgan fingerprint density at radius 3 is 1.30 bits per heavy atom. The van der Waals surface area contributed by atoms with Crippen LogP contribution in [0.1, 0.15) is 31.8 Å². The quantitative estimate of drug-likeness (QED) is 0.413. The van der Waals surface area contributed by atoms with Gasteiger partial charge < -0.3 is 29.9 Å². The predicted molar refractivity (Wildman–Crippen MR) is 112 cm³/mol. The molecule has 1 radical (unpaired) electrons. The zero-order valence-corrected chi connectivity index (χ0v) is 18.6. The van der Waals surface area contributed by atoms with E-state index in [4.69, 9.17) is 9.47 Å². The molecular formula is C24H20O8V. The number of carbonyl (C=O) groups excluding carboxylic acids is 2. The van der Waals surface area contributed by atoms with E-state index in [2.05, 4.69) is 0 Å². The van der Waals surface area contributed by atoms with Crippen LogP contribution in [0.5, 0.6) is 23.0 Å². The molecule has 0 aliphatic heterocycles. The number of aromatic hydroxyl groups is 4. The topological polar surface area (TPSA) is 134 Å². The van der Waals surface area contributed by atoms with Crippen molar-refractivity contribution in [3.05, 3.63) is 82.9 Å². The van der Waals surface area contributed by atoms with Crippen molar-refractivity contribution < 1.29 is 58.0 Å². The fraction of sp³-hybridized carbons (Fsp3) is 0.167. The van der Waals surface area contributed by atoms with Gasteiger partial charge in [-0.1, -0.05) is 24.3 Å². The van der Waals surface area contributed by atoms with Gasteiger partial charge in [0.2, 0.25) is 0 Å². The van der Waals surface area contributed by atoms with Crippen molar-refractivity contribution in [3.63, 3.8) is 0 Å². The summed E-state index contributed by atoms with van der Waals surface area (Å²) in [6, 6.07) is 14.3. The summed E-state index contributed by atoms with van der Waals surface area (Å²) in [5.74, 6) is -2.77. The van der Waals surface area contributed by atoms with E-state index >= 15 is 0 Å². The number of esters is 2. The van der Waals surface area contributed by atoms with Crippen molar-refractivity contribution in [1.82, 2.24) is 0 Å². The van der Waals surface area contributed by atoms with Crippen LogP contribution in [-0.2, 0) is 40.9 Å². The van der Waals surface area contributed by atoms with Crippen LogP contribution < -0.4 is 0 Å². The molecule has 8 nitrogen and oxygen atoms in total. The molecule has 3 aromatic carbocycles. The van der Waals surface area contributed by atoms with Crippen molar-refractivity contribution in [2.45, 2.75) is 25.0 Å². The number of phenols is 4. The molecule has 0 unspecified atom stereocenters. The molecule has 0 amide bonds. The first kappa shape index (κ1) is 24.0. The van der Waals surface area contributed by atoms with Gasteiger partial charge in [0.25, 0.3) is 0 Å². The second-order valence-electron chi connectivity index (χ2n) is 7.54. The number of benzene rings is 3. The standard InChI is InChI=1S/C24H20O8.V/c25-17-5-15(6-18(26)11-17)23(29)31-21-9-13-3-1-2-4-14(13)10-22(21)32-24(30)16-7-19(27)12-20(28)8-16;/h1-8,11-12,21-22,25-28H,9-10H2;/t21-,22+;. The Morgan fingerprint density at radius 2 is 0.970 bits per heavy atom. The summed E-state index contributed by atoms with van der Waals surface area (Å²) in [4.78, 5) is 25.3. The fourth-order valence-electron chi connectivity index (χ4n) is 3.72. The molecule has 4 N–H and O–H groups in total. The molecule has 0 spiro atoms. The Labute approximate surface area is 200 Å². The number of phenolic OH excluding ortho intramolecular Hbond substituents is 4. The van der Waals surface area contributed by atoms with Crippen molar-refractivity contribution in [2.24, 2.45) is 0 Å². The van der Waals surface area contributed by atoms with E-state index in [0.29, 0.717) is 0 Å². The van der Waals surface area contributed by atoms with Gasteiger partial charge in [-0.2, -0.15) is 0 Å². The van der Waals surface area contributed by atoms with Gasteiger partial charge in [-0.15, -0.1) is 0 Å². The summed E-state index contributed by atoms with van der Waals surface area (Å²) >= 11 is 0. The molecule has 0 fully saturated rings. The number of hydrogen-bond donors (Lipinski definition) is 4. The number of carbonyl (C=O) groups is 2. The molecular weight excluding hydrogens is 467 g/mol. The van der Waals surface area contributed by atoms with Crippen molar-refractivity contribution in [1.29, 1.82) is 0 Å².